The Balaban J connectivity index is 1.34. The lowest BCUT2D eigenvalue weighted by molar-refractivity contribution is -0.133. The van der Waals surface area contributed by atoms with Gasteiger partial charge in [-0.2, -0.15) is 13.2 Å². The van der Waals surface area contributed by atoms with Crippen LogP contribution in [0.1, 0.15) is 51.3 Å². The van der Waals surface area contributed by atoms with Gasteiger partial charge in [0.1, 0.15) is 5.82 Å². The lowest BCUT2D eigenvalue weighted by atomic mass is 9.86. The van der Waals surface area contributed by atoms with Gasteiger partial charge in [0.25, 0.3) is 0 Å². The number of fused-ring (bicyclic) bond motifs is 1. The minimum absolute atomic E-state index is 0.0164. The molecule has 4 rings (SSSR count). The molecule has 3 aliphatic rings. The van der Waals surface area contributed by atoms with Crippen LogP contribution in [0.5, 0.6) is 0 Å². The van der Waals surface area contributed by atoms with Crippen LogP contribution in [0.25, 0.3) is 0 Å². The third-order valence-electron chi connectivity index (χ3n) is 7.35. The minimum Gasteiger partial charge on any atom is -0.453 e. The summed E-state index contributed by atoms with van der Waals surface area (Å²) < 4.78 is 62.1. The number of likely N-dealkylation sites (tertiary alicyclic amines) is 1. The van der Waals surface area contributed by atoms with E-state index in [2.05, 4.69) is 15.3 Å². The van der Waals surface area contributed by atoms with Gasteiger partial charge in [0.2, 0.25) is 0 Å². The minimum atomic E-state index is -4.24. The Morgan fingerprint density at radius 3 is 2.67 bits per heavy atom. The molecule has 0 unspecified atom stereocenters. The monoisotopic (exact) mass is 474 g/mol. The fourth-order valence-electron chi connectivity index (χ4n) is 5.59. The number of nitrogens with zero attached hydrogens (tertiary/aromatic N) is 3. The molecule has 0 bridgehead atoms. The molecule has 3 fully saturated rings. The van der Waals surface area contributed by atoms with Crippen molar-refractivity contribution in [1.82, 2.24) is 20.2 Å². The van der Waals surface area contributed by atoms with Gasteiger partial charge >= 0.3 is 12.3 Å². The highest BCUT2D eigenvalue weighted by atomic mass is 19.4. The van der Waals surface area contributed by atoms with Gasteiger partial charge in [0, 0.05) is 24.0 Å². The Kier molecular flexibility index (Phi) is 6.82. The average molecular weight is 474 g/mol. The molecule has 1 aliphatic heterocycles. The van der Waals surface area contributed by atoms with Gasteiger partial charge in [-0.15, -0.1) is 0 Å². The zero-order valence-corrected chi connectivity index (χ0v) is 18.8. The highest BCUT2D eigenvalue weighted by Gasteiger charge is 2.60. The molecule has 0 radical (unpaired) electrons. The number of hydrogen-bond acceptors (Lipinski definition) is 6. The van der Waals surface area contributed by atoms with E-state index >= 15 is 0 Å². The lowest BCUT2D eigenvalue weighted by Crippen LogP contribution is -2.49. The first kappa shape index (κ1) is 24.1. The number of carbonyl (C=O) groups excluding carboxylic acids is 1. The highest BCUT2D eigenvalue weighted by Crippen LogP contribution is 2.61. The van der Waals surface area contributed by atoms with Gasteiger partial charge in [0.05, 0.1) is 44.7 Å². The second-order valence-corrected chi connectivity index (χ2v) is 9.47. The number of alkyl halides is 3. The first-order valence-electron chi connectivity index (χ1n) is 11.4. The van der Waals surface area contributed by atoms with Crippen LogP contribution in [-0.4, -0.2) is 71.6 Å². The van der Waals surface area contributed by atoms with Crippen molar-refractivity contribution in [3.63, 3.8) is 0 Å². The number of halogens is 4. The molecule has 1 amide bonds. The van der Waals surface area contributed by atoms with E-state index in [1.165, 1.54) is 19.5 Å². The number of hydrogen-bond donors (Lipinski definition) is 1. The Bertz CT molecular complexity index is 840. The quantitative estimate of drug-likeness (QED) is 0.609. The Hall–Kier alpha value is -2.01. The number of ether oxygens (including phenoxy) is 2. The molecule has 2 heterocycles. The van der Waals surface area contributed by atoms with Crippen molar-refractivity contribution in [1.29, 1.82) is 0 Å². The summed E-state index contributed by atoms with van der Waals surface area (Å²) in [5.41, 5.74) is -0.102. The first-order valence-corrected chi connectivity index (χ1v) is 11.4. The second-order valence-electron chi connectivity index (χ2n) is 9.47. The zero-order valence-electron chi connectivity index (χ0n) is 18.8. The molecule has 2 aliphatic carbocycles. The number of carbonyl (C=O) groups is 1. The fourth-order valence-corrected chi connectivity index (χ4v) is 5.59. The van der Waals surface area contributed by atoms with Crippen LogP contribution in [-0.2, 0) is 14.9 Å². The molecule has 2 saturated carbocycles. The maximum absolute atomic E-state index is 13.2. The van der Waals surface area contributed by atoms with E-state index in [1.807, 2.05) is 6.92 Å². The third-order valence-corrected chi connectivity index (χ3v) is 7.35. The largest absolute Gasteiger partial charge is 0.453 e. The summed E-state index contributed by atoms with van der Waals surface area (Å²) in [6.45, 7) is 1.87. The molecule has 0 spiro atoms. The van der Waals surface area contributed by atoms with Gasteiger partial charge in [-0.3, -0.25) is 4.90 Å². The van der Waals surface area contributed by atoms with Crippen LogP contribution in [0.4, 0.5) is 22.4 Å². The van der Waals surface area contributed by atoms with Crippen LogP contribution in [0.2, 0.25) is 0 Å². The van der Waals surface area contributed by atoms with Crippen molar-refractivity contribution >= 4 is 6.09 Å². The standard InChI is InChI=1S/C22H30F4N4O3/c1-13-7-17(27-6-5-22(24,25)26)18(30(13)20(31)32-2)12-33-16-3-4-21(9-14(21)8-16)19-28-10-15(23)11-29-19/h10-11,13-14,16-18,27H,3-9,12H2,1-2H3/t13-,14-,16+,17+,18+,21-/m1/s1. The van der Waals surface area contributed by atoms with E-state index in [9.17, 15) is 22.4 Å². The SMILES string of the molecule is COC(=O)N1[C@H](C)C[C@H](NCCC(F)(F)F)[C@@H]1CO[C@H]1CC[C@@]2(c3ncc(F)cn3)C[C@H]2C1. The van der Waals surface area contributed by atoms with Crippen molar-refractivity contribution < 1.29 is 31.8 Å². The zero-order chi connectivity index (χ0) is 23.8. The number of nitrogens with one attached hydrogen (secondary N) is 1. The molecule has 1 N–H and O–H groups in total. The molecule has 1 aromatic rings. The summed E-state index contributed by atoms with van der Waals surface area (Å²) in [6.07, 6.45) is 0.605. The summed E-state index contributed by atoms with van der Waals surface area (Å²) >= 11 is 0. The molecule has 184 valence electrons. The van der Waals surface area contributed by atoms with Crippen molar-refractivity contribution in [2.75, 3.05) is 20.3 Å². The van der Waals surface area contributed by atoms with E-state index in [0.717, 1.165) is 25.7 Å². The van der Waals surface area contributed by atoms with Crippen molar-refractivity contribution in [3.05, 3.63) is 24.0 Å². The van der Waals surface area contributed by atoms with Gasteiger partial charge in [0.15, 0.2) is 5.82 Å². The molecular weight excluding hydrogens is 444 g/mol. The topological polar surface area (TPSA) is 76.6 Å². The molecule has 7 nitrogen and oxygen atoms in total. The van der Waals surface area contributed by atoms with Gasteiger partial charge in [-0.1, -0.05) is 0 Å². The summed E-state index contributed by atoms with van der Waals surface area (Å²) in [5.74, 6) is 0.591. The van der Waals surface area contributed by atoms with Crippen molar-refractivity contribution in [2.45, 2.75) is 81.3 Å². The van der Waals surface area contributed by atoms with Crippen molar-refractivity contribution in [2.24, 2.45) is 5.92 Å². The third kappa shape index (κ3) is 5.24. The predicted octanol–water partition coefficient (Wildman–Crippen LogP) is 3.58. The molecule has 6 atom stereocenters. The molecule has 0 aromatic carbocycles. The lowest BCUT2D eigenvalue weighted by Gasteiger charge is -2.33. The predicted molar refractivity (Wildman–Crippen MR) is 110 cm³/mol. The first-order chi connectivity index (χ1) is 15.6. The number of rotatable bonds is 7. The van der Waals surface area contributed by atoms with E-state index in [0.29, 0.717) is 18.2 Å². The molecule has 33 heavy (non-hydrogen) atoms. The fraction of sp³-hybridized carbons (Fsp3) is 0.773. The van der Waals surface area contributed by atoms with Crippen LogP contribution < -0.4 is 5.32 Å². The maximum atomic E-state index is 13.2. The average Bonchev–Trinajstić information content (AvgIpc) is 3.41. The Morgan fingerprint density at radius 1 is 1.30 bits per heavy atom. The van der Waals surface area contributed by atoms with Gasteiger partial charge in [-0.05, 0) is 44.9 Å². The van der Waals surface area contributed by atoms with Crippen molar-refractivity contribution in [3.8, 4) is 0 Å². The van der Waals surface area contributed by atoms with Gasteiger partial charge < -0.3 is 14.8 Å². The van der Waals surface area contributed by atoms with E-state index in [-0.39, 0.29) is 36.8 Å². The number of amides is 1. The van der Waals surface area contributed by atoms with Crippen LogP contribution >= 0.6 is 0 Å². The molecular formula is C22H30F4N4O3. The summed E-state index contributed by atoms with van der Waals surface area (Å²) in [7, 11) is 1.29. The van der Waals surface area contributed by atoms with Crippen LogP contribution in [0.15, 0.2) is 12.4 Å². The molecule has 1 aromatic heterocycles. The normalized spacial score (nSPS) is 33.6. The Morgan fingerprint density at radius 2 is 2.03 bits per heavy atom. The van der Waals surface area contributed by atoms with E-state index < -0.39 is 30.5 Å². The second kappa shape index (κ2) is 9.32. The van der Waals surface area contributed by atoms with Crippen LogP contribution in [0.3, 0.4) is 0 Å². The van der Waals surface area contributed by atoms with E-state index in [4.69, 9.17) is 9.47 Å². The summed E-state index contributed by atoms with van der Waals surface area (Å²) in [5, 5.41) is 2.97. The number of methoxy groups -OCH3 is 1. The summed E-state index contributed by atoms with van der Waals surface area (Å²) in [6, 6.07) is -0.892. The van der Waals surface area contributed by atoms with Crippen LogP contribution in [0, 0.1) is 11.7 Å². The highest BCUT2D eigenvalue weighted by molar-refractivity contribution is 5.69. The smallest absolute Gasteiger partial charge is 0.410 e. The molecule has 1 saturated heterocycles. The van der Waals surface area contributed by atoms with Gasteiger partial charge in [-0.25, -0.2) is 19.2 Å². The number of aromatic nitrogens is 2. The maximum Gasteiger partial charge on any atom is 0.410 e. The van der Waals surface area contributed by atoms with E-state index in [1.54, 1.807) is 4.90 Å². The molecule has 11 heteroatoms. The summed E-state index contributed by atoms with van der Waals surface area (Å²) in [4.78, 5) is 22.3. The Labute approximate surface area is 190 Å².